The van der Waals surface area contributed by atoms with Crippen LogP contribution >= 0.6 is 0 Å². The Balaban J connectivity index is 3.10. The first kappa shape index (κ1) is 12.7. The standard InChI is InChI=1S/C9H13N5O3/c1-13(5-9(10)15)7-2-6(12-11)3-8(4-7)14(16)17/h2-4,12H,5,11H2,1H3,(H2,10,15). The molecule has 0 saturated heterocycles. The van der Waals surface area contributed by atoms with E-state index in [9.17, 15) is 14.9 Å². The van der Waals surface area contributed by atoms with Gasteiger partial charge in [-0.15, -0.1) is 0 Å². The van der Waals surface area contributed by atoms with Crippen LogP contribution in [0.25, 0.3) is 0 Å². The molecule has 1 aromatic rings. The van der Waals surface area contributed by atoms with Gasteiger partial charge in [-0.3, -0.25) is 20.8 Å². The number of nitrogens with one attached hydrogen (secondary N) is 1. The van der Waals surface area contributed by atoms with E-state index in [1.54, 1.807) is 13.1 Å². The van der Waals surface area contributed by atoms with Crippen molar-refractivity contribution >= 4 is 23.0 Å². The van der Waals surface area contributed by atoms with Gasteiger partial charge < -0.3 is 16.1 Å². The monoisotopic (exact) mass is 239 g/mol. The molecule has 0 aliphatic rings. The molecule has 0 bridgehead atoms. The molecule has 8 nitrogen and oxygen atoms in total. The van der Waals surface area contributed by atoms with Gasteiger partial charge in [0.1, 0.15) is 0 Å². The number of rotatable bonds is 5. The number of hydrogen-bond donors (Lipinski definition) is 3. The molecule has 92 valence electrons. The van der Waals surface area contributed by atoms with E-state index in [-0.39, 0.29) is 12.2 Å². The van der Waals surface area contributed by atoms with Gasteiger partial charge in [-0.1, -0.05) is 0 Å². The van der Waals surface area contributed by atoms with E-state index in [0.29, 0.717) is 11.4 Å². The van der Waals surface area contributed by atoms with Gasteiger partial charge >= 0.3 is 0 Å². The smallest absolute Gasteiger partial charge is 0.273 e. The minimum Gasteiger partial charge on any atom is -0.368 e. The minimum absolute atomic E-state index is 0.0365. The Morgan fingerprint density at radius 3 is 2.65 bits per heavy atom. The van der Waals surface area contributed by atoms with Crippen LogP contribution in [0.4, 0.5) is 17.1 Å². The van der Waals surface area contributed by atoms with E-state index in [1.165, 1.54) is 17.0 Å². The Hall–Kier alpha value is -2.35. The van der Waals surface area contributed by atoms with E-state index in [0.717, 1.165) is 0 Å². The Kier molecular flexibility index (Phi) is 3.83. The van der Waals surface area contributed by atoms with Gasteiger partial charge in [0.25, 0.3) is 5.69 Å². The minimum atomic E-state index is -0.539. The van der Waals surface area contributed by atoms with Crippen molar-refractivity contribution in [3.05, 3.63) is 28.3 Å². The number of nitrogens with two attached hydrogens (primary N) is 2. The topological polar surface area (TPSA) is 128 Å². The first-order valence-electron chi connectivity index (χ1n) is 4.69. The number of hydrogen-bond acceptors (Lipinski definition) is 6. The molecule has 0 aliphatic carbocycles. The summed E-state index contributed by atoms with van der Waals surface area (Å²) in [4.78, 5) is 22.4. The molecule has 1 amide bonds. The Labute approximate surface area is 97.3 Å². The number of non-ortho nitro benzene ring substituents is 1. The summed E-state index contributed by atoms with van der Waals surface area (Å²) >= 11 is 0. The number of nitrogen functional groups attached to an aromatic ring is 1. The number of amides is 1. The van der Waals surface area contributed by atoms with Crippen LogP contribution in [-0.2, 0) is 4.79 Å². The van der Waals surface area contributed by atoms with Crippen molar-refractivity contribution in [2.75, 3.05) is 23.9 Å². The number of nitrogens with zero attached hydrogens (tertiary/aromatic N) is 2. The highest BCUT2D eigenvalue weighted by atomic mass is 16.6. The lowest BCUT2D eigenvalue weighted by Crippen LogP contribution is -2.30. The maximum absolute atomic E-state index is 10.8. The van der Waals surface area contributed by atoms with Crippen molar-refractivity contribution in [1.29, 1.82) is 0 Å². The lowest BCUT2D eigenvalue weighted by atomic mass is 10.2. The van der Waals surface area contributed by atoms with Gasteiger partial charge in [-0.25, -0.2) is 0 Å². The van der Waals surface area contributed by atoms with Crippen molar-refractivity contribution in [2.45, 2.75) is 0 Å². The van der Waals surface area contributed by atoms with Crippen molar-refractivity contribution in [3.63, 3.8) is 0 Å². The van der Waals surface area contributed by atoms with Crippen molar-refractivity contribution < 1.29 is 9.72 Å². The third-order valence-corrected chi connectivity index (χ3v) is 2.11. The van der Waals surface area contributed by atoms with Gasteiger partial charge in [0.2, 0.25) is 5.91 Å². The second-order valence-corrected chi connectivity index (χ2v) is 3.46. The zero-order chi connectivity index (χ0) is 13.0. The molecule has 0 atom stereocenters. The fraction of sp³-hybridized carbons (Fsp3) is 0.222. The molecule has 5 N–H and O–H groups in total. The van der Waals surface area contributed by atoms with Gasteiger partial charge in [0.15, 0.2) is 0 Å². The summed E-state index contributed by atoms with van der Waals surface area (Å²) in [6, 6.07) is 4.21. The number of carbonyl (C=O) groups is 1. The largest absolute Gasteiger partial charge is 0.368 e. The number of primary amides is 1. The second kappa shape index (κ2) is 5.12. The van der Waals surface area contributed by atoms with Crippen molar-refractivity contribution in [1.82, 2.24) is 0 Å². The predicted molar refractivity (Wildman–Crippen MR) is 63.4 cm³/mol. The molecule has 17 heavy (non-hydrogen) atoms. The average Bonchev–Trinajstić information content (AvgIpc) is 2.27. The zero-order valence-electron chi connectivity index (χ0n) is 9.21. The summed E-state index contributed by atoms with van der Waals surface area (Å²) in [5, 5.41) is 10.7. The molecule has 0 unspecified atom stereocenters. The van der Waals surface area contributed by atoms with E-state index >= 15 is 0 Å². The maximum atomic E-state index is 10.8. The summed E-state index contributed by atoms with van der Waals surface area (Å²) in [6.07, 6.45) is 0. The molecule has 1 rings (SSSR count). The lowest BCUT2D eigenvalue weighted by molar-refractivity contribution is -0.384. The second-order valence-electron chi connectivity index (χ2n) is 3.46. The molecule has 1 aromatic carbocycles. The molecule has 0 aromatic heterocycles. The van der Waals surface area contributed by atoms with Crippen LogP contribution in [0.1, 0.15) is 0 Å². The highest BCUT2D eigenvalue weighted by Crippen LogP contribution is 2.25. The number of likely N-dealkylation sites (N-methyl/N-ethyl adjacent to an activating group) is 1. The van der Waals surface area contributed by atoms with Crippen molar-refractivity contribution in [2.24, 2.45) is 11.6 Å². The molecule has 0 saturated carbocycles. The lowest BCUT2D eigenvalue weighted by Gasteiger charge is -2.17. The fourth-order valence-corrected chi connectivity index (χ4v) is 1.33. The van der Waals surface area contributed by atoms with E-state index in [4.69, 9.17) is 11.6 Å². The molecule has 0 aliphatic heterocycles. The van der Waals surface area contributed by atoms with Crippen LogP contribution in [-0.4, -0.2) is 24.4 Å². The summed E-state index contributed by atoms with van der Waals surface area (Å²) in [5.74, 6) is 4.68. The van der Waals surface area contributed by atoms with E-state index in [1.807, 2.05) is 0 Å². The number of hydrazine groups is 1. The number of benzene rings is 1. The van der Waals surface area contributed by atoms with E-state index in [2.05, 4.69) is 5.43 Å². The normalized spacial score (nSPS) is 9.76. The van der Waals surface area contributed by atoms with Crippen LogP contribution in [0.2, 0.25) is 0 Å². The average molecular weight is 239 g/mol. The van der Waals surface area contributed by atoms with Crippen LogP contribution in [0, 0.1) is 10.1 Å². The molecule has 0 spiro atoms. The van der Waals surface area contributed by atoms with Gasteiger partial charge in [-0.2, -0.15) is 0 Å². The first-order valence-corrected chi connectivity index (χ1v) is 4.69. The molecule has 0 heterocycles. The summed E-state index contributed by atoms with van der Waals surface area (Å²) in [6.45, 7) is -0.0365. The Bertz CT molecular complexity index is 448. The highest BCUT2D eigenvalue weighted by molar-refractivity contribution is 5.80. The number of nitro groups is 1. The zero-order valence-corrected chi connectivity index (χ0v) is 9.21. The van der Waals surface area contributed by atoms with Crippen LogP contribution in [0.15, 0.2) is 18.2 Å². The van der Waals surface area contributed by atoms with Crippen LogP contribution < -0.4 is 21.9 Å². The van der Waals surface area contributed by atoms with Gasteiger partial charge in [-0.05, 0) is 6.07 Å². The van der Waals surface area contributed by atoms with Gasteiger partial charge in [0, 0.05) is 24.9 Å². The maximum Gasteiger partial charge on any atom is 0.273 e. The van der Waals surface area contributed by atoms with Crippen molar-refractivity contribution in [3.8, 4) is 0 Å². The Morgan fingerprint density at radius 2 is 2.18 bits per heavy atom. The molecular weight excluding hydrogens is 226 g/mol. The predicted octanol–water partition coefficient (Wildman–Crippen LogP) is -0.198. The Morgan fingerprint density at radius 1 is 1.53 bits per heavy atom. The number of anilines is 2. The van der Waals surface area contributed by atoms with Crippen LogP contribution in [0.5, 0.6) is 0 Å². The fourth-order valence-electron chi connectivity index (χ4n) is 1.33. The summed E-state index contributed by atoms with van der Waals surface area (Å²) < 4.78 is 0. The molecule has 0 radical (unpaired) electrons. The highest BCUT2D eigenvalue weighted by Gasteiger charge is 2.12. The van der Waals surface area contributed by atoms with E-state index < -0.39 is 10.8 Å². The SMILES string of the molecule is CN(CC(N)=O)c1cc(NN)cc([N+](=O)[O-])c1. The summed E-state index contributed by atoms with van der Waals surface area (Å²) in [7, 11) is 1.60. The van der Waals surface area contributed by atoms with Crippen LogP contribution in [0.3, 0.4) is 0 Å². The quantitative estimate of drug-likeness (QED) is 0.371. The third-order valence-electron chi connectivity index (χ3n) is 2.11. The number of carbonyl (C=O) groups excluding carboxylic acids is 1. The third kappa shape index (κ3) is 3.31. The molecule has 8 heteroatoms. The van der Waals surface area contributed by atoms with Gasteiger partial charge in [0.05, 0.1) is 17.2 Å². The molecule has 0 fully saturated rings. The summed E-state index contributed by atoms with van der Waals surface area (Å²) in [5.41, 5.74) is 8.11. The number of nitro benzene ring substituents is 1. The molecular formula is C9H13N5O3. The first-order chi connectivity index (χ1) is 7.93.